The van der Waals surface area contributed by atoms with Gasteiger partial charge in [-0.25, -0.2) is 4.98 Å². The molecule has 0 bridgehead atoms. The van der Waals surface area contributed by atoms with Gasteiger partial charge in [-0.15, -0.1) is 0 Å². The van der Waals surface area contributed by atoms with Gasteiger partial charge in [0.15, 0.2) is 11.3 Å². The summed E-state index contributed by atoms with van der Waals surface area (Å²) in [5.41, 5.74) is 5.52. The maximum absolute atomic E-state index is 11.5. The Morgan fingerprint density at radius 3 is 2.71 bits per heavy atom. The molecular weight excluding hydrogens is 440 g/mol. The van der Waals surface area contributed by atoms with Crippen LogP contribution in [0.4, 0.5) is 0 Å². The lowest BCUT2D eigenvalue weighted by Gasteiger charge is -2.26. The van der Waals surface area contributed by atoms with Crippen molar-refractivity contribution in [1.82, 2.24) is 29.8 Å². The van der Waals surface area contributed by atoms with Gasteiger partial charge >= 0.3 is 5.97 Å². The number of rotatable bonds is 4. The molecule has 35 heavy (non-hydrogen) atoms. The van der Waals surface area contributed by atoms with Crippen LogP contribution < -0.4 is 0 Å². The molecule has 0 unspecified atom stereocenters. The SMILES string of the molecule is [2H]c1c([2H])c(C)c([2H])c(-c2ccc(-c3cnn4c3nc([C@H]3CC[C@H](C(=O)O)CC3)c3c(C)n[nH]c34)cn2)c1[2H]. The molecule has 1 saturated carbocycles. The minimum atomic E-state index is -0.740. The maximum atomic E-state index is 11.5. The van der Waals surface area contributed by atoms with Crippen LogP contribution in [0.2, 0.25) is 0 Å². The van der Waals surface area contributed by atoms with Crippen molar-refractivity contribution < 1.29 is 15.4 Å². The second-order valence-corrected chi connectivity index (χ2v) is 9.14. The Bertz CT molecular complexity index is 1740. The predicted molar refractivity (Wildman–Crippen MR) is 133 cm³/mol. The molecule has 8 nitrogen and oxygen atoms in total. The summed E-state index contributed by atoms with van der Waals surface area (Å²) in [6, 6.07) is 3.04. The summed E-state index contributed by atoms with van der Waals surface area (Å²) in [6.45, 7) is 3.53. The summed E-state index contributed by atoms with van der Waals surface area (Å²) in [5, 5.41) is 22.4. The van der Waals surface area contributed by atoms with Gasteiger partial charge in [0.1, 0.15) is 0 Å². The van der Waals surface area contributed by atoms with Gasteiger partial charge in [0.05, 0.1) is 40.1 Å². The van der Waals surface area contributed by atoms with Crippen LogP contribution in [0, 0.1) is 19.8 Å². The van der Waals surface area contributed by atoms with Crippen LogP contribution in [0.3, 0.4) is 0 Å². The minimum Gasteiger partial charge on any atom is -0.481 e. The lowest BCUT2D eigenvalue weighted by atomic mass is 9.79. The third-order valence-electron chi connectivity index (χ3n) is 6.91. The Morgan fingerprint density at radius 2 is 1.97 bits per heavy atom. The first-order valence-corrected chi connectivity index (χ1v) is 11.7. The molecule has 0 saturated heterocycles. The van der Waals surface area contributed by atoms with E-state index < -0.39 is 5.97 Å². The number of aryl methyl sites for hydroxylation is 1. The molecule has 0 amide bonds. The Hall–Kier alpha value is -4.07. The topological polar surface area (TPSA) is 109 Å². The highest BCUT2D eigenvalue weighted by atomic mass is 16.4. The van der Waals surface area contributed by atoms with Crippen molar-refractivity contribution in [3.8, 4) is 22.4 Å². The van der Waals surface area contributed by atoms with Crippen LogP contribution >= 0.6 is 0 Å². The van der Waals surface area contributed by atoms with Gasteiger partial charge < -0.3 is 5.11 Å². The molecule has 4 aromatic heterocycles. The van der Waals surface area contributed by atoms with E-state index in [4.69, 9.17) is 10.5 Å². The Morgan fingerprint density at radius 1 is 1.14 bits per heavy atom. The second-order valence-electron chi connectivity index (χ2n) is 9.14. The summed E-state index contributed by atoms with van der Waals surface area (Å²) in [7, 11) is 0. The van der Waals surface area contributed by atoms with Gasteiger partial charge in [0.25, 0.3) is 0 Å². The van der Waals surface area contributed by atoms with Gasteiger partial charge in [-0.3, -0.25) is 14.9 Å². The molecule has 0 spiro atoms. The normalized spacial score (nSPS) is 19.9. The van der Waals surface area contributed by atoms with Gasteiger partial charge in [0, 0.05) is 28.8 Å². The lowest BCUT2D eigenvalue weighted by molar-refractivity contribution is -0.142. The van der Waals surface area contributed by atoms with E-state index in [1.165, 1.54) is 0 Å². The second kappa shape index (κ2) is 8.30. The first-order valence-electron chi connectivity index (χ1n) is 13.7. The fourth-order valence-electron chi connectivity index (χ4n) is 5.04. The predicted octanol–water partition coefficient (Wildman–Crippen LogP) is 5.31. The smallest absolute Gasteiger partial charge is 0.306 e. The van der Waals surface area contributed by atoms with E-state index in [9.17, 15) is 9.90 Å². The van der Waals surface area contributed by atoms with E-state index in [-0.39, 0.29) is 41.6 Å². The maximum Gasteiger partial charge on any atom is 0.306 e. The highest BCUT2D eigenvalue weighted by Gasteiger charge is 2.30. The van der Waals surface area contributed by atoms with Crippen LogP contribution in [0.5, 0.6) is 0 Å². The van der Waals surface area contributed by atoms with Gasteiger partial charge in [-0.2, -0.15) is 14.7 Å². The third kappa shape index (κ3) is 3.65. The third-order valence-corrected chi connectivity index (χ3v) is 6.91. The van der Waals surface area contributed by atoms with Crippen LogP contribution in [0.15, 0.2) is 48.7 Å². The monoisotopic (exact) mass is 470 g/mol. The fraction of sp³-hybridized carbons (Fsp3) is 0.296. The van der Waals surface area contributed by atoms with E-state index >= 15 is 0 Å². The number of pyridine rings is 1. The molecule has 5 aromatic rings. The largest absolute Gasteiger partial charge is 0.481 e. The molecule has 1 aliphatic rings. The van der Waals surface area contributed by atoms with Crippen LogP contribution in [-0.4, -0.2) is 40.9 Å². The summed E-state index contributed by atoms with van der Waals surface area (Å²) in [6.07, 6.45) is 6.05. The Balaban J connectivity index is 1.44. The number of aromatic nitrogens is 6. The van der Waals surface area contributed by atoms with Crippen molar-refractivity contribution in [1.29, 1.82) is 0 Å². The number of nitrogens with zero attached hydrogens (tertiary/aromatic N) is 5. The van der Waals surface area contributed by atoms with Gasteiger partial charge in [-0.05, 0) is 51.6 Å². The lowest BCUT2D eigenvalue weighted by Crippen LogP contribution is -2.21. The molecule has 6 rings (SSSR count). The first kappa shape index (κ1) is 17.4. The molecule has 1 aliphatic carbocycles. The number of fused-ring (bicyclic) bond motifs is 3. The van der Waals surface area contributed by atoms with Crippen LogP contribution in [0.25, 0.3) is 39.1 Å². The molecule has 0 aliphatic heterocycles. The first-order chi connectivity index (χ1) is 18.7. The van der Waals surface area contributed by atoms with Crippen LogP contribution in [0.1, 0.15) is 54.0 Å². The molecule has 1 aromatic carbocycles. The number of nitrogens with one attached hydrogen (secondary N) is 1. The molecule has 8 heteroatoms. The van der Waals surface area contributed by atoms with E-state index in [2.05, 4.69) is 20.3 Å². The molecule has 176 valence electrons. The Labute approximate surface area is 207 Å². The number of carboxylic acid groups (broad SMARTS) is 1. The van der Waals surface area contributed by atoms with Crippen molar-refractivity contribution in [2.45, 2.75) is 45.4 Å². The highest BCUT2D eigenvalue weighted by Crippen LogP contribution is 2.39. The summed E-state index contributed by atoms with van der Waals surface area (Å²) in [5.74, 6) is -0.946. The van der Waals surface area contributed by atoms with E-state index in [0.717, 1.165) is 46.4 Å². The number of carboxylic acids is 1. The quantitative estimate of drug-likeness (QED) is 0.368. The molecule has 0 radical (unpaired) electrons. The molecule has 4 heterocycles. The van der Waals surface area contributed by atoms with E-state index in [1.807, 2.05) is 13.0 Å². The highest BCUT2D eigenvalue weighted by molar-refractivity contribution is 5.87. The zero-order chi connectivity index (χ0) is 27.6. The van der Waals surface area contributed by atoms with E-state index in [0.29, 0.717) is 29.7 Å². The summed E-state index contributed by atoms with van der Waals surface area (Å²) < 4.78 is 34.5. The average molecular weight is 471 g/mol. The number of carbonyl (C=O) groups is 1. The van der Waals surface area contributed by atoms with Crippen molar-refractivity contribution in [2.24, 2.45) is 5.92 Å². The number of aromatic amines is 1. The zero-order valence-electron chi connectivity index (χ0n) is 23.4. The van der Waals surface area contributed by atoms with E-state index in [1.54, 1.807) is 29.9 Å². The average Bonchev–Trinajstić information content (AvgIpc) is 3.54. The summed E-state index contributed by atoms with van der Waals surface area (Å²) in [4.78, 5) is 21.1. The molecular formula is C27H26N6O2. The minimum absolute atomic E-state index is 0.0261. The fourth-order valence-corrected chi connectivity index (χ4v) is 5.04. The van der Waals surface area contributed by atoms with Crippen molar-refractivity contribution >= 4 is 22.6 Å². The molecule has 1 fully saturated rings. The van der Waals surface area contributed by atoms with Crippen LogP contribution in [-0.2, 0) is 4.79 Å². The zero-order valence-corrected chi connectivity index (χ0v) is 19.4. The molecule has 2 N–H and O–H groups in total. The number of aliphatic carboxylic acids is 1. The standard InChI is InChI=1S/C27H26N6O2/c1-15-4-3-5-19(12-15)22-11-10-20(13-28-22)21-14-29-33-25(21)30-24(23-16(2)31-32-26(23)33)17-6-8-18(9-7-17)27(34)35/h3-5,10-14,17-18H,6-9H2,1-2H3,(H,31,32)(H,34,35)/t17-,18-/i3D,4D,5D,12D. The van der Waals surface area contributed by atoms with Crippen molar-refractivity contribution in [2.75, 3.05) is 0 Å². The number of hydrogen-bond donors (Lipinski definition) is 2. The van der Waals surface area contributed by atoms with Crippen molar-refractivity contribution in [3.05, 3.63) is 65.6 Å². The van der Waals surface area contributed by atoms with Gasteiger partial charge in [-0.1, -0.05) is 29.8 Å². The number of benzene rings is 1. The number of hydrogen-bond acceptors (Lipinski definition) is 5. The Kier molecular flexibility index (Phi) is 4.12. The molecule has 0 atom stereocenters. The summed E-state index contributed by atoms with van der Waals surface area (Å²) >= 11 is 0. The number of H-pyrrole nitrogens is 1. The van der Waals surface area contributed by atoms with Crippen molar-refractivity contribution in [3.63, 3.8) is 0 Å². The van der Waals surface area contributed by atoms with Gasteiger partial charge in [0.2, 0.25) is 0 Å².